The Morgan fingerprint density at radius 3 is 1.97 bits per heavy atom. The van der Waals surface area contributed by atoms with E-state index in [2.05, 4.69) is 20.9 Å². The fourth-order valence-electron chi connectivity index (χ4n) is 13.2. The Kier molecular flexibility index (Phi) is 42.0. The number of unbranched alkanes of at least 4 members (excludes halogenated alkanes) is 1. The summed E-state index contributed by atoms with van der Waals surface area (Å²) in [6.45, 7) is 11.1. The van der Waals surface area contributed by atoms with Crippen molar-refractivity contribution in [2.45, 2.75) is 266 Å². The number of esters is 1. The van der Waals surface area contributed by atoms with Crippen LogP contribution in [0.1, 0.15) is 144 Å². The van der Waals surface area contributed by atoms with Crippen LogP contribution in [-0.2, 0) is 52.5 Å². The second-order valence-corrected chi connectivity index (χ2v) is 28.9. The molecule has 0 aliphatic carbocycles. The van der Waals surface area contributed by atoms with E-state index in [4.69, 9.17) is 52.4 Å². The molecule has 0 saturated carbocycles. The van der Waals surface area contributed by atoms with E-state index < -0.39 is 170 Å². The molecule has 4 aliphatic heterocycles. The van der Waals surface area contributed by atoms with Crippen LogP contribution >= 0.6 is 0 Å². The van der Waals surface area contributed by atoms with Crippen LogP contribution in [0.2, 0.25) is 0 Å². The minimum absolute atomic E-state index is 0.00912. The van der Waals surface area contributed by atoms with E-state index in [0.29, 0.717) is 32.2 Å². The molecular weight excluding hydrogens is 1370 g/mol. The van der Waals surface area contributed by atoms with Crippen molar-refractivity contribution in [2.24, 2.45) is 51.4 Å². The molecule has 4 heterocycles. The number of hydrogen-bond acceptors (Lipinski definition) is 24. The number of nitrogens with two attached hydrogens (primary N) is 5. The zero-order valence-electron chi connectivity index (χ0n) is 63.1. The third-order valence-electron chi connectivity index (χ3n) is 20.2. The molecule has 106 heavy (non-hydrogen) atoms. The van der Waals surface area contributed by atoms with Crippen molar-refractivity contribution in [2.75, 3.05) is 59.5 Å². The number of guanidine groups is 1. The van der Waals surface area contributed by atoms with Gasteiger partial charge in [0.2, 0.25) is 23.6 Å². The van der Waals surface area contributed by atoms with E-state index in [1.807, 2.05) is 55.5 Å². The van der Waals surface area contributed by atoms with E-state index in [-0.39, 0.29) is 139 Å². The lowest BCUT2D eigenvalue weighted by molar-refractivity contribution is -0.834. The molecular formula is C75H128N11O20+. The highest BCUT2D eigenvalue weighted by molar-refractivity contribution is 5.94. The first-order valence-electron chi connectivity index (χ1n) is 37.7. The zero-order valence-corrected chi connectivity index (χ0v) is 63.1. The number of carbonyl (C=O) groups is 6. The number of nitrogens with one attached hydrogen (secondary N) is 3. The van der Waals surface area contributed by atoms with Crippen molar-refractivity contribution < 1.29 is 103 Å². The van der Waals surface area contributed by atoms with Gasteiger partial charge in [-0.2, -0.15) is 0 Å². The lowest BCUT2D eigenvalue weighted by atomic mass is 9.83. The van der Waals surface area contributed by atoms with Crippen molar-refractivity contribution in [1.82, 2.24) is 20.9 Å². The van der Waals surface area contributed by atoms with Gasteiger partial charge in [-0.3, -0.25) is 33.4 Å². The maximum Gasteiger partial charge on any atom is 0.336 e. The highest BCUT2D eigenvalue weighted by Gasteiger charge is 2.46. The predicted octanol–water partition coefficient (Wildman–Crippen LogP) is -0.687. The summed E-state index contributed by atoms with van der Waals surface area (Å²) in [5.41, 5.74) is 29.2. The number of cyclic esters (lactones) is 1. The molecule has 0 radical (unpaired) electrons. The van der Waals surface area contributed by atoms with E-state index in [1.165, 1.54) is 11.8 Å². The monoisotopic (exact) mass is 1500 g/mol. The van der Waals surface area contributed by atoms with Gasteiger partial charge in [-0.05, 0) is 105 Å². The topological polar surface area (TPSA) is 512 Å². The molecule has 3 saturated heterocycles. The largest absolute Gasteiger partial charge is 0.462 e. The van der Waals surface area contributed by atoms with Gasteiger partial charge in [-0.1, -0.05) is 98.9 Å². The number of hydrogen-bond donors (Lipinski definition) is 17. The van der Waals surface area contributed by atoms with Crippen LogP contribution in [0.15, 0.2) is 90.1 Å². The fraction of sp³-hybridized carbons (Fsp3) is 0.720. The third kappa shape index (κ3) is 32.2. The summed E-state index contributed by atoms with van der Waals surface area (Å²) in [7, 11) is 1.70. The lowest BCUT2D eigenvalue weighted by Gasteiger charge is -2.42. The number of nitrogens with zero attached hydrogens (tertiary/aromatic N) is 3. The first-order valence-corrected chi connectivity index (χ1v) is 37.7. The third-order valence-corrected chi connectivity index (χ3v) is 20.2. The lowest BCUT2D eigenvalue weighted by Crippen LogP contribution is -2.61. The smallest absolute Gasteiger partial charge is 0.336 e. The number of rotatable bonds is 25. The zero-order chi connectivity index (χ0) is 78.6. The van der Waals surface area contributed by atoms with E-state index >= 15 is 0 Å². The van der Waals surface area contributed by atoms with Crippen LogP contribution in [0.25, 0.3) is 0 Å². The van der Waals surface area contributed by atoms with Crippen molar-refractivity contribution >= 4 is 41.5 Å². The summed E-state index contributed by atoms with van der Waals surface area (Å²) in [5, 5.41) is 107. The number of aliphatic hydroxyl groups excluding tert-OH is 9. The van der Waals surface area contributed by atoms with Crippen molar-refractivity contribution in [3.8, 4) is 0 Å². The molecule has 602 valence electrons. The summed E-state index contributed by atoms with van der Waals surface area (Å²) in [4.78, 5) is 89.1. The normalized spacial score (nSPS) is 32.0. The standard InChI is InChI=1S/C75H127N11O20/c1-8-86(7,74(101)58(28-23-33-82-75(79)80)84-70(97)59-29-24-35-85(59)73(100)57(27-21-22-32-76)83-72(99)67(78)48(4)87)36-38-102-37-34-81-71(98)66-62(93)43-55-40-53(90)41-61(92)60(91)31-30-51(88)39-52(89)42-64(94)103-49(5)47(3)68(95)46(2)25-19-17-15-13-11-9-10-12-14-16-18-20-26-54(44-63(66)105-55)106-65-45-56(77)69(96)50(6)104-65/h9-20,25-26,46-63,65-69,87-93,95-96H,8,21-24,27-45,76-78H2,1-7H3,(H6-,79,80,81,82,83,84,97,98,99)/p+1. The predicted molar refractivity (Wildman–Crippen MR) is 398 cm³/mol. The number of aliphatic hydroxyl groups is 9. The van der Waals surface area contributed by atoms with Crippen molar-refractivity contribution in [3.05, 3.63) is 85.1 Å². The van der Waals surface area contributed by atoms with Gasteiger partial charge in [0.25, 0.3) is 0 Å². The molecule has 0 aromatic heterocycles. The Labute approximate surface area is 625 Å². The molecule has 22 N–H and O–H groups in total. The molecule has 4 aliphatic rings. The molecule has 4 rings (SSSR count). The first-order chi connectivity index (χ1) is 50.3. The van der Waals surface area contributed by atoms with Crippen LogP contribution in [0.4, 0.5) is 0 Å². The summed E-state index contributed by atoms with van der Waals surface area (Å²) >= 11 is 0. The van der Waals surface area contributed by atoms with Crippen LogP contribution in [-0.4, -0.2) is 278 Å². The second kappa shape index (κ2) is 48.3. The van der Waals surface area contributed by atoms with Crippen LogP contribution in [0.5, 0.6) is 0 Å². The number of carbonyl (C=O) groups excluding carboxylic acids is 6. The molecule has 31 heteroatoms. The Bertz CT molecular complexity index is 2900. The van der Waals surface area contributed by atoms with Crippen molar-refractivity contribution in [3.63, 3.8) is 0 Å². The van der Waals surface area contributed by atoms with E-state index in [0.717, 1.165) is 0 Å². The summed E-state index contributed by atoms with van der Waals surface area (Å²) in [6.07, 6.45) is 9.76. The Hall–Kier alpha value is -6.21. The van der Waals surface area contributed by atoms with Gasteiger partial charge >= 0.3 is 11.9 Å². The molecule has 5 amide bonds. The molecule has 24 atom stereocenters. The fourth-order valence-corrected chi connectivity index (χ4v) is 13.2. The number of likely N-dealkylation sites (N-methyl/N-ethyl adjacent to an activating group) is 1. The van der Waals surface area contributed by atoms with Gasteiger partial charge in [0, 0.05) is 63.2 Å². The van der Waals surface area contributed by atoms with Crippen LogP contribution in [0, 0.1) is 17.8 Å². The maximum absolute atomic E-state index is 14.8. The molecule has 2 bridgehead atoms. The Morgan fingerprint density at radius 1 is 0.708 bits per heavy atom. The van der Waals surface area contributed by atoms with Gasteiger partial charge in [0.15, 0.2) is 12.2 Å². The average Bonchev–Trinajstić information content (AvgIpc) is 1.41. The average molecular weight is 1500 g/mol. The molecule has 31 nitrogen and oxygen atoms in total. The molecule has 0 aromatic carbocycles. The Balaban J connectivity index is 1.55. The van der Waals surface area contributed by atoms with Gasteiger partial charge in [-0.15, -0.1) is 0 Å². The number of ether oxygens (including phenoxy) is 5. The minimum atomic E-state index is -1.50. The van der Waals surface area contributed by atoms with Crippen molar-refractivity contribution in [1.29, 1.82) is 0 Å². The number of likely N-dealkylation sites (tertiary alicyclic amines) is 1. The van der Waals surface area contributed by atoms with Gasteiger partial charge in [0.05, 0.1) is 118 Å². The van der Waals surface area contributed by atoms with Gasteiger partial charge < -0.3 is 119 Å². The first kappa shape index (κ1) is 92.2. The van der Waals surface area contributed by atoms with E-state index in [9.17, 15) is 74.7 Å². The van der Waals surface area contributed by atoms with Gasteiger partial charge in [0.1, 0.15) is 36.8 Å². The van der Waals surface area contributed by atoms with Gasteiger partial charge in [-0.25, -0.2) is 4.79 Å². The number of allylic oxidation sites excluding steroid dienone is 12. The summed E-state index contributed by atoms with van der Waals surface area (Å²) < 4.78 is 30.6. The molecule has 24 unspecified atom stereocenters. The molecule has 0 spiro atoms. The second-order valence-electron chi connectivity index (χ2n) is 28.9. The Morgan fingerprint density at radius 2 is 1.35 bits per heavy atom. The number of quaternary nitrogens is 1. The summed E-state index contributed by atoms with van der Waals surface area (Å²) in [6, 6.07) is -5.13. The number of fused-ring (bicyclic) bond motifs is 2. The maximum atomic E-state index is 14.8. The quantitative estimate of drug-likeness (QED) is 0.0177. The highest BCUT2D eigenvalue weighted by atomic mass is 16.7. The van der Waals surface area contributed by atoms with Crippen LogP contribution in [0.3, 0.4) is 0 Å². The number of amides is 5. The SMILES string of the molecule is CC[N+](C)(CCOCCNC(=O)C1C(O)CC2CC(O)CC(O)C(O)CCC(O)CC(O)CC(=O)OC(C)C(C)C(O)C(C)C=CC=CC=CC=CC=CC=CC=CC(OC3CC(N)C(O)C(C)O3)CC1O2)C(=O)C(CCCN=C(N)N)NC(=O)C1CCCN1C(=O)C(CCCCN)NC(=O)C(N)C(C)O. The number of aliphatic imine (C=N–C) groups is 1. The summed E-state index contributed by atoms with van der Waals surface area (Å²) in [5.74, 6) is -5.67. The highest BCUT2D eigenvalue weighted by Crippen LogP contribution is 2.34. The molecule has 3 fully saturated rings. The minimum Gasteiger partial charge on any atom is -0.462 e. The molecule has 0 aromatic rings. The van der Waals surface area contributed by atoms with E-state index in [1.54, 1.807) is 71.2 Å². The van der Waals surface area contributed by atoms with Crippen LogP contribution < -0.4 is 44.6 Å².